The summed E-state index contributed by atoms with van der Waals surface area (Å²) in [6.07, 6.45) is 1.42. The van der Waals surface area contributed by atoms with Crippen molar-refractivity contribution in [3.63, 3.8) is 0 Å². The van der Waals surface area contributed by atoms with Crippen molar-refractivity contribution in [1.82, 2.24) is 5.43 Å². The van der Waals surface area contributed by atoms with Gasteiger partial charge in [-0.1, -0.05) is 70.0 Å². The monoisotopic (exact) mass is 576 g/mol. The molecule has 4 aromatic carbocycles. The molecule has 0 aliphatic rings. The highest BCUT2D eigenvalue weighted by Crippen LogP contribution is 2.24. The van der Waals surface area contributed by atoms with Crippen LogP contribution in [0.15, 0.2) is 101 Å². The molecule has 0 spiro atoms. The molecule has 6 nitrogen and oxygen atoms in total. The van der Waals surface area contributed by atoms with Crippen LogP contribution in [-0.4, -0.2) is 18.1 Å². The van der Waals surface area contributed by atoms with Gasteiger partial charge in [0.15, 0.2) is 0 Å². The summed E-state index contributed by atoms with van der Waals surface area (Å²) in [6.45, 7) is 2.12. The van der Waals surface area contributed by atoms with Crippen LogP contribution in [0.4, 0.5) is 0 Å². The van der Waals surface area contributed by atoms with Gasteiger partial charge in [-0.2, -0.15) is 5.10 Å². The minimum Gasteiger partial charge on any atom is -0.488 e. The second kappa shape index (κ2) is 12.3. The first-order valence-electron chi connectivity index (χ1n) is 11.3. The summed E-state index contributed by atoms with van der Waals surface area (Å²) in [6, 6.07) is 26.5. The fourth-order valence-corrected chi connectivity index (χ4v) is 3.92. The average Bonchev–Trinajstić information content (AvgIpc) is 2.90. The number of esters is 1. The Morgan fingerprint density at radius 2 is 1.62 bits per heavy atom. The van der Waals surface area contributed by atoms with Crippen molar-refractivity contribution in [2.24, 2.45) is 5.10 Å². The van der Waals surface area contributed by atoms with E-state index in [1.807, 2.05) is 31.2 Å². The molecule has 0 fully saturated rings. The smallest absolute Gasteiger partial charge is 0.343 e. The van der Waals surface area contributed by atoms with E-state index < -0.39 is 11.9 Å². The first-order valence-corrected chi connectivity index (χ1v) is 12.4. The number of carbonyl (C=O) groups is 2. The van der Waals surface area contributed by atoms with E-state index in [1.165, 1.54) is 6.21 Å². The molecule has 4 rings (SSSR count). The first-order chi connectivity index (χ1) is 17.9. The van der Waals surface area contributed by atoms with Crippen LogP contribution in [-0.2, 0) is 6.61 Å². The fourth-order valence-electron chi connectivity index (χ4n) is 3.41. The van der Waals surface area contributed by atoms with Crippen molar-refractivity contribution < 1.29 is 19.1 Å². The highest BCUT2D eigenvalue weighted by Gasteiger charge is 2.14. The van der Waals surface area contributed by atoms with E-state index in [2.05, 4.69) is 26.5 Å². The van der Waals surface area contributed by atoms with Crippen molar-refractivity contribution in [2.45, 2.75) is 13.5 Å². The van der Waals surface area contributed by atoms with Gasteiger partial charge in [-0.15, -0.1) is 0 Å². The molecule has 0 aliphatic heterocycles. The summed E-state index contributed by atoms with van der Waals surface area (Å²) in [5.41, 5.74) is 5.54. The lowest BCUT2D eigenvalue weighted by Gasteiger charge is -2.11. The van der Waals surface area contributed by atoms with Crippen LogP contribution in [0.3, 0.4) is 0 Å². The van der Waals surface area contributed by atoms with Gasteiger partial charge in [0.1, 0.15) is 18.1 Å². The lowest BCUT2D eigenvalue weighted by molar-refractivity contribution is 0.0733. The molecule has 0 aromatic heterocycles. The van der Waals surface area contributed by atoms with E-state index in [9.17, 15) is 9.59 Å². The second-order valence-corrected chi connectivity index (χ2v) is 9.35. The molecule has 0 heterocycles. The van der Waals surface area contributed by atoms with Gasteiger partial charge < -0.3 is 9.47 Å². The maximum absolute atomic E-state index is 12.8. The van der Waals surface area contributed by atoms with Crippen LogP contribution >= 0.6 is 27.5 Å². The number of nitrogens with one attached hydrogen (secondary N) is 1. The number of carbonyl (C=O) groups excluding carboxylic acids is 2. The number of hydrogen-bond acceptors (Lipinski definition) is 5. The van der Waals surface area contributed by atoms with Gasteiger partial charge in [0.05, 0.1) is 17.3 Å². The van der Waals surface area contributed by atoms with Crippen molar-refractivity contribution in [3.05, 3.63) is 128 Å². The third-order valence-electron chi connectivity index (χ3n) is 5.35. The number of nitrogens with zero attached hydrogens (tertiary/aromatic N) is 1. The topological polar surface area (TPSA) is 77.0 Å². The largest absolute Gasteiger partial charge is 0.488 e. The normalized spacial score (nSPS) is 10.8. The minimum absolute atomic E-state index is 0.276. The summed E-state index contributed by atoms with van der Waals surface area (Å²) >= 11 is 9.34. The molecule has 1 amide bonds. The van der Waals surface area contributed by atoms with Crippen LogP contribution in [0.1, 0.15) is 37.4 Å². The van der Waals surface area contributed by atoms with Gasteiger partial charge in [0, 0.05) is 15.1 Å². The number of halogens is 2. The van der Waals surface area contributed by atoms with E-state index in [0.717, 1.165) is 15.6 Å². The molecule has 4 aromatic rings. The lowest BCUT2D eigenvalue weighted by atomic mass is 10.1. The fraction of sp³-hybridized carbons (Fsp3) is 0.0690. The molecule has 0 unspecified atom stereocenters. The number of hydrazone groups is 1. The number of ether oxygens (including phenoxy) is 2. The molecule has 0 saturated heterocycles. The Bertz CT molecular complexity index is 1450. The Kier molecular flexibility index (Phi) is 8.72. The molecule has 0 bridgehead atoms. The Labute approximate surface area is 228 Å². The van der Waals surface area contributed by atoms with Gasteiger partial charge in [-0.05, 0) is 66.6 Å². The highest BCUT2D eigenvalue weighted by molar-refractivity contribution is 9.10. The predicted octanol–water partition coefficient (Wildman–Crippen LogP) is 6.97. The van der Waals surface area contributed by atoms with Crippen molar-refractivity contribution in [1.29, 1.82) is 0 Å². The molecule has 0 aliphatic carbocycles. The number of amides is 1. The predicted molar refractivity (Wildman–Crippen MR) is 148 cm³/mol. The Morgan fingerprint density at radius 1 is 0.919 bits per heavy atom. The number of para-hydroxylation sites is 1. The van der Waals surface area contributed by atoms with Gasteiger partial charge >= 0.3 is 5.97 Å². The van der Waals surface area contributed by atoms with Gasteiger partial charge in [-0.3, -0.25) is 4.79 Å². The van der Waals surface area contributed by atoms with E-state index in [-0.39, 0.29) is 6.61 Å². The van der Waals surface area contributed by atoms with E-state index in [0.29, 0.717) is 33.2 Å². The summed E-state index contributed by atoms with van der Waals surface area (Å²) in [7, 11) is 0. The minimum atomic E-state index is -0.481. The molecule has 1 N–H and O–H groups in total. The molecule has 0 atom stereocenters. The highest BCUT2D eigenvalue weighted by atomic mass is 79.9. The summed E-state index contributed by atoms with van der Waals surface area (Å²) in [4.78, 5) is 25.5. The van der Waals surface area contributed by atoms with Gasteiger partial charge in [-0.25, -0.2) is 10.2 Å². The van der Waals surface area contributed by atoms with Crippen LogP contribution in [0.5, 0.6) is 11.5 Å². The molecule has 186 valence electrons. The van der Waals surface area contributed by atoms with Gasteiger partial charge in [0.2, 0.25) is 0 Å². The summed E-state index contributed by atoms with van der Waals surface area (Å²) in [5, 5.41) is 4.72. The molecular weight excluding hydrogens is 556 g/mol. The van der Waals surface area contributed by atoms with E-state index >= 15 is 0 Å². The number of rotatable bonds is 8. The summed E-state index contributed by atoms with van der Waals surface area (Å²) < 4.78 is 12.2. The lowest BCUT2D eigenvalue weighted by Crippen LogP contribution is -2.19. The Hall–Kier alpha value is -3.94. The SMILES string of the molecule is Cc1ccccc1C(=O)Oc1ccc(Br)cc1/C=N/NC(=O)c1ccccc1OCc1ccc(Cl)cc1. The van der Waals surface area contributed by atoms with Crippen LogP contribution < -0.4 is 14.9 Å². The van der Waals surface area contributed by atoms with Gasteiger partial charge in [0.25, 0.3) is 5.91 Å². The Morgan fingerprint density at radius 3 is 2.38 bits per heavy atom. The molecule has 37 heavy (non-hydrogen) atoms. The number of benzene rings is 4. The standard InChI is InChI=1S/C29H22BrClN2O4/c1-19-6-2-3-7-24(19)29(35)37-26-15-12-22(30)16-21(26)17-32-33-28(34)25-8-4-5-9-27(25)36-18-20-10-13-23(31)14-11-20/h2-17H,18H2,1H3,(H,33,34)/b32-17+. The van der Waals surface area contributed by atoms with Crippen LogP contribution in [0.2, 0.25) is 5.02 Å². The third-order valence-corrected chi connectivity index (χ3v) is 6.09. The van der Waals surface area contributed by atoms with Crippen molar-refractivity contribution >= 4 is 45.6 Å². The molecular formula is C29H22BrClN2O4. The zero-order valence-electron chi connectivity index (χ0n) is 19.8. The van der Waals surface area contributed by atoms with Crippen LogP contribution in [0, 0.1) is 6.92 Å². The summed E-state index contributed by atoms with van der Waals surface area (Å²) in [5.74, 6) is -0.205. The van der Waals surface area contributed by atoms with Crippen molar-refractivity contribution in [3.8, 4) is 11.5 Å². The quantitative estimate of drug-likeness (QED) is 0.106. The van der Waals surface area contributed by atoms with E-state index in [4.69, 9.17) is 21.1 Å². The zero-order valence-corrected chi connectivity index (χ0v) is 22.1. The zero-order chi connectivity index (χ0) is 26.2. The maximum atomic E-state index is 12.8. The second-order valence-electron chi connectivity index (χ2n) is 8.00. The molecule has 8 heteroatoms. The first kappa shape index (κ1) is 26.1. The Balaban J connectivity index is 1.45. The average molecular weight is 578 g/mol. The molecule has 0 radical (unpaired) electrons. The van der Waals surface area contributed by atoms with E-state index in [1.54, 1.807) is 66.7 Å². The maximum Gasteiger partial charge on any atom is 0.343 e. The number of hydrogen-bond donors (Lipinski definition) is 1. The third kappa shape index (κ3) is 7.06. The van der Waals surface area contributed by atoms with Crippen molar-refractivity contribution in [2.75, 3.05) is 0 Å². The van der Waals surface area contributed by atoms with Crippen LogP contribution in [0.25, 0.3) is 0 Å². The molecule has 0 saturated carbocycles. The number of aryl methyl sites for hydroxylation is 1.